The normalized spacial score (nSPS) is 18.1. The molecule has 0 spiro atoms. The molecule has 1 amide bonds. The molecule has 0 bridgehead atoms. The van der Waals surface area contributed by atoms with E-state index in [0.29, 0.717) is 40.5 Å². The van der Waals surface area contributed by atoms with Crippen LogP contribution in [0.1, 0.15) is 30.5 Å². The first kappa shape index (κ1) is 15.1. The van der Waals surface area contributed by atoms with Gasteiger partial charge in [0.05, 0.1) is 5.02 Å². The van der Waals surface area contributed by atoms with Crippen molar-refractivity contribution in [2.45, 2.75) is 25.4 Å². The molecule has 2 aromatic rings. The molecule has 8 heteroatoms. The molecule has 1 N–H and O–H groups in total. The molecule has 0 radical (unpaired) electrons. The summed E-state index contributed by atoms with van der Waals surface area (Å²) in [6.45, 7) is 0.752. The average Bonchev–Trinajstić information content (AvgIpc) is 2.95. The number of amides is 1. The fraction of sp³-hybridized carbons (Fsp3) is 0.357. The number of benzene rings is 1. The second-order valence-electron chi connectivity index (χ2n) is 4.95. The van der Waals surface area contributed by atoms with Gasteiger partial charge in [0, 0.05) is 23.9 Å². The first-order chi connectivity index (χ1) is 10.6. The van der Waals surface area contributed by atoms with Crippen molar-refractivity contribution in [1.82, 2.24) is 15.5 Å². The van der Waals surface area contributed by atoms with Crippen molar-refractivity contribution >= 4 is 29.1 Å². The lowest BCUT2D eigenvalue weighted by atomic mass is 9.98. The number of rotatable bonds is 4. The number of hydrogen-bond acceptors (Lipinski definition) is 5. The summed E-state index contributed by atoms with van der Waals surface area (Å²) in [4.78, 5) is 15.7. The van der Waals surface area contributed by atoms with Crippen LogP contribution in [0.5, 0.6) is 5.75 Å². The van der Waals surface area contributed by atoms with E-state index in [0.717, 1.165) is 6.42 Å². The van der Waals surface area contributed by atoms with Gasteiger partial charge in [-0.05, 0) is 24.6 Å². The zero-order valence-electron chi connectivity index (χ0n) is 11.5. The number of halogens is 2. The highest BCUT2D eigenvalue weighted by Gasteiger charge is 2.25. The Hall–Kier alpha value is -1.79. The van der Waals surface area contributed by atoms with E-state index in [2.05, 4.69) is 15.5 Å². The minimum Gasteiger partial charge on any atom is -0.484 e. The van der Waals surface area contributed by atoms with Crippen LogP contribution in [0, 0.1) is 0 Å². The first-order valence-electron chi connectivity index (χ1n) is 6.79. The second-order valence-corrected chi connectivity index (χ2v) is 5.80. The Bertz CT molecular complexity index is 690. The smallest absolute Gasteiger partial charge is 0.230 e. The third-order valence-corrected chi connectivity index (χ3v) is 3.86. The van der Waals surface area contributed by atoms with Gasteiger partial charge in [-0.2, -0.15) is 4.98 Å². The third kappa shape index (κ3) is 3.51. The summed E-state index contributed by atoms with van der Waals surface area (Å²) < 4.78 is 10.8. The van der Waals surface area contributed by atoms with E-state index in [-0.39, 0.29) is 18.4 Å². The van der Waals surface area contributed by atoms with E-state index in [1.54, 1.807) is 18.2 Å². The van der Waals surface area contributed by atoms with E-state index in [4.69, 9.17) is 32.5 Å². The van der Waals surface area contributed by atoms with Crippen molar-refractivity contribution in [3.8, 4) is 5.75 Å². The number of hydrogen-bond donors (Lipinski definition) is 1. The van der Waals surface area contributed by atoms with Gasteiger partial charge in [0.1, 0.15) is 5.75 Å². The summed E-state index contributed by atoms with van der Waals surface area (Å²) in [6.07, 6.45) is 1.16. The number of piperidine rings is 1. The van der Waals surface area contributed by atoms with Gasteiger partial charge in [0.2, 0.25) is 17.6 Å². The molecule has 6 nitrogen and oxygen atoms in total. The largest absolute Gasteiger partial charge is 0.484 e. The highest BCUT2D eigenvalue weighted by molar-refractivity contribution is 6.35. The summed E-state index contributed by atoms with van der Waals surface area (Å²) in [5, 5.41) is 7.59. The molecule has 1 aliphatic heterocycles. The molecule has 1 fully saturated rings. The molecule has 1 aromatic heterocycles. The van der Waals surface area contributed by atoms with Crippen molar-refractivity contribution in [3.63, 3.8) is 0 Å². The molecular weight excluding hydrogens is 329 g/mol. The van der Waals surface area contributed by atoms with Crippen LogP contribution in [0.2, 0.25) is 10.0 Å². The van der Waals surface area contributed by atoms with Crippen molar-refractivity contribution in [2.75, 3.05) is 6.54 Å². The molecular formula is C14H13Cl2N3O3. The molecule has 116 valence electrons. The van der Waals surface area contributed by atoms with Crippen LogP contribution in [0.3, 0.4) is 0 Å². The zero-order valence-corrected chi connectivity index (χ0v) is 13.0. The standard InChI is InChI=1S/C14H13Cl2N3O3/c15-9-1-2-11(10(16)6-9)21-7-12-18-14(22-19-12)8-3-4-17-13(20)5-8/h1-2,6,8H,3-5,7H2,(H,17,20)/t8-/m0/s1. The molecule has 1 saturated heterocycles. The van der Waals surface area contributed by atoms with Crippen LogP contribution in [0.15, 0.2) is 22.7 Å². The van der Waals surface area contributed by atoms with Crippen molar-refractivity contribution in [2.24, 2.45) is 0 Å². The summed E-state index contributed by atoms with van der Waals surface area (Å²) >= 11 is 11.8. The molecule has 0 unspecified atom stereocenters. The van der Waals surface area contributed by atoms with Gasteiger partial charge in [-0.25, -0.2) is 0 Å². The van der Waals surface area contributed by atoms with E-state index in [1.165, 1.54) is 0 Å². The van der Waals surface area contributed by atoms with E-state index >= 15 is 0 Å². The van der Waals surface area contributed by atoms with Crippen LogP contribution < -0.4 is 10.1 Å². The number of nitrogens with one attached hydrogen (secondary N) is 1. The minimum absolute atomic E-state index is 0.000182. The topological polar surface area (TPSA) is 77.2 Å². The van der Waals surface area contributed by atoms with Crippen LogP contribution in [0.25, 0.3) is 0 Å². The Morgan fingerprint density at radius 1 is 1.41 bits per heavy atom. The quantitative estimate of drug-likeness (QED) is 0.924. The lowest BCUT2D eigenvalue weighted by Crippen LogP contribution is -2.32. The monoisotopic (exact) mass is 341 g/mol. The summed E-state index contributed by atoms with van der Waals surface area (Å²) in [5.74, 6) is 1.34. The van der Waals surface area contributed by atoms with Gasteiger partial charge in [-0.15, -0.1) is 0 Å². The second kappa shape index (κ2) is 6.54. The van der Waals surface area contributed by atoms with Crippen molar-refractivity contribution in [1.29, 1.82) is 0 Å². The summed E-state index contributed by atoms with van der Waals surface area (Å²) in [7, 11) is 0. The highest BCUT2D eigenvalue weighted by atomic mass is 35.5. The van der Waals surface area contributed by atoms with E-state index in [1.807, 2.05) is 0 Å². The molecule has 22 heavy (non-hydrogen) atoms. The molecule has 2 heterocycles. The Labute approximate surface area is 136 Å². The van der Waals surface area contributed by atoms with Gasteiger partial charge in [-0.3, -0.25) is 4.79 Å². The molecule has 0 aliphatic carbocycles. The number of carbonyl (C=O) groups excluding carboxylic acids is 1. The lowest BCUT2D eigenvalue weighted by Gasteiger charge is -2.18. The van der Waals surface area contributed by atoms with Crippen LogP contribution >= 0.6 is 23.2 Å². The third-order valence-electron chi connectivity index (χ3n) is 3.33. The Morgan fingerprint density at radius 3 is 3.05 bits per heavy atom. The van der Waals surface area contributed by atoms with Gasteiger partial charge in [-0.1, -0.05) is 28.4 Å². The van der Waals surface area contributed by atoms with E-state index in [9.17, 15) is 4.79 Å². The van der Waals surface area contributed by atoms with Gasteiger partial charge in [0.15, 0.2) is 6.61 Å². The number of ether oxygens (including phenoxy) is 1. The van der Waals surface area contributed by atoms with Gasteiger partial charge in [0.25, 0.3) is 0 Å². The Morgan fingerprint density at radius 2 is 2.27 bits per heavy atom. The predicted molar refractivity (Wildman–Crippen MR) is 80.1 cm³/mol. The fourth-order valence-electron chi connectivity index (χ4n) is 2.22. The van der Waals surface area contributed by atoms with Crippen LogP contribution in [-0.4, -0.2) is 22.6 Å². The van der Waals surface area contributed by atoms with E-state index < -0.39 is 0 Å². The van der Waals surface area contributed by atoms with Gasteiger partial charge < -0.3 is 14.6 Å². The SMILES string of the molecule is O=C1C[C@@H](c2nc(COc3ccc(Cl)cc3Cl)no2)CCN1. The Kier molecular flexibility index (Phi) is 4.49. The molecule has 3 rings (SSSR count). The number of aromatic nitrogens is 2. The highest BCUT2D eigenvalue weighted by Crippen LogP contribution is 2.28. The summed E-state index contributed by atoms with van der Waals surface area (Å²) in [5.41, 5.74) is 0. The average molecular weight is 342 g/mol. The number of nitrogens with zero attached hydrogens (tertiary/aromatic N) is 2. The summed E-state index contributed by atoms with van der Waals surface area (Å²) in [6, 6.07) is 4.96. The van der Waals surface area contributed by atoms with Crippen molar-refractivity contribution < 1.29 is 14.1 Å². The maximum atomic E-state index is 11.4. The van der Waals surface area contributed by atoms with Crippen molar-refractivity contribution in [3.05, 3.63) is 40.0 Å². The van der Waals surface area contributed by atoms with Crippen LogP contribution in [0.4, 0.5) is 0 Å². The molecule has 1 aromatic carbocycles. The van der Waals surface area contributed by atoms with Gasteiger partial charge >= 0.3 is 0 Å². The molecule has 1 atom stereocenters. The maximum Gasteiger partial charge on any atom is 0.230 e. The first-order valence-corrected chi connectivity index (χ1v) is 7.54. The maximum absolute atomic E-state index is 11.4. The molecule has 1 aliphatic rings. The zero-order chi connectivity index (χ0) is 15.5. The predicted octanol–water partition coefficient (Wildman–Crippen LogP) is 2.95. The number of carbonyl (C=O) groups is 1. The lowest BCUT2D eigenvalue weighted by molar-refractivity contribution is -0.122. The minimum atomic E-state index is -0.0332. The van der Waals surface area contributed by atoms with Crippen LogP contribution in [-0.2, 0) is 11.4 Å². The Balaban J connectivity index is 1.63. The fourth-order valence-corrected chi connectivity index (χ4v) is 2.68. The molecule has 0 saturated carbocycles.